The monoisotopic (exact) mass is 590 g/mol. The van der Waals surface area contributed by atoms with Crippen molar-refractivity contribution in [2.45, 2.75) is 0 Å². The fraction of sp³-hybridized carbons (Fsp3) is 0. The van der Waals surface area contributed by atoms with E-state index in [-0.39, 0.29) is 0 Å². The standard InChI is InChI=1S/C42H26N2S/c1-3-12-28(13-4-1)43-37-20-9-7-16-31(37)35-25-40-36(26-39(35)43)34-24-27(22-23-38(34)44(40)29-14-5-2-6-15-29)30-18-11-19-33-32-17-8-10-21-41(32)45-42(30)33/h1-26H. The fourth-order valence-electron chi connectivity index (χ4n) is 7.33. The predicted octanol–water partition coefficient (Wildman–Crippen LogP) is 11.9. The lowest BCUT2D eigenvalue weighted by atomic mass is 10.0. The van der Waals surface area contributed by atoms with Gasteiger partial charge in [0, 0.05) is 53.1 Å². The molecule has 0 saturated carbocycles. The molecule has 0 bridgehead atoms. The highest BCUT2D eigenvalue weighted by molar-refractivity contribution is 7.26. The molecule has 0 spiro atoms. The topological polar surface area (TPSA) is 9.86 Å². The van der Waals surface area contributed by atoms with E-state index < -0.39 is 0 Å². The highest BCUT2D eigenvalue weighted by Gasteiger charge is 2.19. The van der Waals surface area contributed by atoms with Crippen LogP contribution in [0.15, 0.2) is 158 Å². The van der Waals surface area contributed by atoms with Gasteiger partial charge in [-0.05, 0) is 71.8 Å². The Morgan fingerprint density at radius 2 is 0.911 bits per heavy atom. The normalized spacial score (nSPS) is 12.0. The summed E-state index contributed by atoms with van der Waals surface area (Å²) in [6.07, 6.45) is 0. The Morgan fingerprint density at radius 3 is 1.64 bits per heavy atom. The van der Waals surface area contributed by atoms with E-state index in [0.29, 0.717) is 0 Å². The Hall–Kier alpha value is -5.64. The summed E-state index contributed by atoms with van der Waals surface area (Å²) in [6, 6.07) is 57.6. The summed E-state index contributed by atoms with van der Waals surface area (Å²) in [7, 11) is 0. The summed E-state index contributed by atoms with van der Waals surface area (Å²) in [5.41, 5.74) is 9.75. The van der Waals surface area contributed by atoms with E-state index in [0.717, 1.165) is 0 Å². The Bertz CT molecular complexity index is 2740. The number of benzene rings is 7. The molecule has 7 aromatic carbocycles. The van der Waals surface area contributed by atoms with Crippen LogP contribution in [0.5, 0.6) is 0 Å². The molecule has 0 N–H and O–H groups in total. The number of hydrogen-bond donors (Lipinski definition) is 0. The van der Waals surface area contributed by atoms with Gasteiger partial charge in [-0.2, -0.15) is 0 Å². The molecule has 0 radical (unpaired) electrons. The van der Waals surface area contributed by atoms with Crippen LogP contribution in [-0.2, 0) is 0 Å². The van der Waals surface area contributed by atoms with Crippen LogP contribution in [0.2, 0.25) is 0 Å². The molecule has 0 saturated heterocycles. The second kappa shape index (κ2) is 9.43. The Kier molecular flexibility index (Phi) is 5.19. The SMILES string of the molecule is c1ccc(-n2c3ccccc3c3cc4c(cc32)c2cc(-c3cccc5c3sc3ccccc35)ccc2n4-c2ccccc2)cc1. The van der Waals surface area contributed by atoms with Crippen LogP contribution in [0, 0.1) is 0 Å². The Morgan fingerprint density at radius 1 is 0.356 bits per heavy atom. The third kappa shape index (κ3) is 3.56. The lowest BCUT2D eigenvalue weighted by Gasteiger charge is -2.09. The van der Waals surface area contributed by atoms with Gasteiger partial charge in [-0.1, -0.05) is 97.1 Å². The number of hydrogen-bond acceptors (Lipinski definition) is 1. The molecule has 10 rings (SSSR count). The molecule has 0 aliphatic rings. The van der Waals surface area contributed by atoms with Gasteiger partial charge in [0.1, 0.15) is 0 Å². The van der Waals surface area contributed by atoms with Gasteiger partial charge in [0.2, 0.25) is 0 Å². The minimum Gasteiger partial charge on any atom is -0.309 e. The quantitative estimate of drug-likeness (QED) is 0.194. The molecule has 3 aromatic heterocycles. The van der Waals surface area contributed by atoms with Gasteiger partial charge >= 0.3 is 0 Å². The van der Waals surface area contributed by atoms with E-state index in [1.807, 2.05) is 11.3 Å². The lowest BCUT2D eigenvalue weighted by molar-refractivity contribution is 1.17. The maximum absolute atomic E-state index is 2.43. The third-order valence-electron chi connectivity index (χ3n) is 9.30. The van der Waals surface area contributed by atoms with E-state index in [9.17, 15) is 0 Å². The summed E-state index contributed by atoms with van der Waals surface area (Å²) in [5, 5.41) is 7.70. The first kappa shape index (κ1) is 24.8. The van der Waals surface area contributed by atoms with Crippen molar-refractivity contribution in [1.82, 2.24) is 9.13 Å². The van der Waals surface area contributed by atoms with Crippen molar-refractivity contribution in [3.63, 3.8) is 0 Å². The van der Waals surface area contributed by atoms with Crippen molar-refractivity contribution in [1.29, 1.82) is 0 Å². The molecular weight excluding hydrogens is 565 g/mol. The second-order valence-corrected chi connectivity index (χ2v) is 12.8. The molecule has 3 heteroatoms. The van der Waals surface area contributed by atoms with Crippen LogP contribution >= 0.6 is 11.3 Å². The van der Waals surface area contributed by atoms with E-state index >= 15 is 0 Å². The number of nitrogens with zero attached hydrogens (tertiary/aromatic N) is 2. The maximum atomic E-state index is 2.43. The third-order valence-corrected chi connectivity index (χ3v) is 10.5. The molecule has 3 heterocycles. The Labute approximate surface area is 263 Å². The molecule has 210 valence electrons. The van der Waals surface area contributed by atoms with Crippen molar-refractivity contribution in [2.24, 2.45) is 0 Å². The zero-order chi connectivity index (χ0) is 29.5. The first-order valence-corrected chi connectivity index (χ1v) is 16.2. The van der Waals surface area contributed by atoms with Crippen LogP contribution in [0.4, 0.5) is 0 Å². The Balaban J connectivity index is 1.33. The van der Waals surface area contributed by atoms with Gasteiger partial charge in [-0.3, -0.25) is 0 Å². The average Bonchev–Trinajstić information content (AvgIpc) is 3.75. The lowest BCUT2D eigenvalue weighted by Crippen LogP contribution is -1.94. The molecule has 0 aliphatic heterocycles. The number of fused-ring (bicyclic) bond motifs is 9. The van der Waals surface area contributed by atoms with Gasteiger partial charge in [0.15, 0.2) is 0 Å². The summed E-state index contributed by atoms with van der Waals surface area (Å²) < 4.78 is 7.52. The van der Waals surface area contributed by atoms with Gasteiger partial charge < -0.3 is 9.13 Å². The first-order chi connectivity index (χ1) is 22.3. The van der Waals surface area contributed by atoms with Crippen LogP contribution in [0.25, 0.3) is 86.3 Å². The van der Waals surface area contributed by atoms with Gasteiger partial charge in [0.05, 0.1) is 22.1 Å². The molecule has 0 aliphatic carbocycles. The molecule has 0 unspecified atom stereocenters. The molecule has 0 amide bonds. The predicted molar refractivity (Wildman–Crippen MR) is 193 cm³/mol. The number of aromatic nitrogens is 2. The zero-order valence-corrected chi connectivity index (χ0v) is 25.1. The molecule has 0 atom stereocenters. The maximum Gasteiger partial charge on any atom is 0.0548 e. The number of rotatable bonds is 3. The smallest absolute Gasteiger partial charge is 0.0548 e. The number of para-hydroxylation sites is 3. The molecule has 45 heavy (non-hydrogen) atoms. The molecule has 10 aromatic rings. The molecule has 2 nitrogen and oxygen atoms in total. The largest absolute Gasteiger partial charge is 0.309 e. The van der Waals surface area contributed by atoms with Crippen molar-refractivity contribution in [3.8, 4) is 22.5 Å². The van der Waals surface area contributed by atoms with Crippen molar-refractivity contribution in [3.05, 3.63) is 158 Å². The molecule has 0 fully saturated rings. The fourth-order valence-corrected chi connectivity index (χ4v) is 8.57. The van der Waals surface area contributed by atoms with E-state index in [2.05, 4.69) is 167 Å². The van der Waals surface area contributed by atoms with Gasteiger partial charge in [-0.25, -0.2) is 0 Å². The molecular formula is C42H26N2S. The summed E-state index contributed by atoms with van der Waals surface area (Å²) in [5.74, 6) is 0. The first-order valence-electron chi connectivity index (χ1n) is 15.4. The van der Waals surface area contributed by atoms with Crippen LogP contribution < -0.4 is 0 Å². The van der Waals surface area contributed by atoms with Gasteiger partial charge in [-0.15, -0.1) is 11.3 Å². The summed E-state index contributed by atoms with van der Waals surface area (Å²) in [6.45, 7) is 0. The summed E-state index contributed by atoms with van der Waals surface area (Å²) in [4.78, 5) is 0. The highest BCUT2D eigenvalue weighted by Crippen LogP contribution is 2.43. The highest BCUT2D eigenvalue weighted by atomic mass is 32.1. The van der Waals surface area contributed by atoms with E-state index in [1.54, 1.807) is 0 Å². The van der Waals surface area contributed by atoms with Crippen molar-refractivity contribution < 1.29 is 0 Å². The minimum absolute atomic E-state index is 1.17. The van der Waals surface area contributed by atoms with Crippen LogP contribution in [0.1, 0.15) is 0 Å². The van der Waals surface area contributed by atoms with Crippen LogP contribution in [-0.4, -0.2) is 9.13 Å². The van der Waals surface area contributed by atoms with Crippen LogP contribution in [0.3, 0.4) is 0 Å². The van der Waals surface area contributed by atoms with Gasteiger partial charge in [0.25, 0.3) is 0 Å². The number of thiophene rings is 1. The van der Waals surface area contributed by atoms with E-state index in [1.165, 1.54) is 86.3 Å². The summed E-state index contributed by atoms with van der Waals surface area (Å²) >= 11 is 1.89. The minimum atomic E-state index is 1.17. The van der Waals surface area contributed by atoms with Crippen molar-refractivity contribution in [2.75, 3.05) is 0 Å². The second-order valence-electron chi connectivity index (χ2n) is 11.8. The average molecular weight is 591 g/mol. The van der Waals surface area contributed by atoms with E-state index in [4.69, 9.17) is 0 Å². The zero-order valence-electron chi connectivity index (χ0n) is 24.3. The van der Waals surface area contributed by atoms with Crippen molar-refractivity contribution >= 4 is 75.1 Å².